The first-order chi connectivity index (χ1) is 14.9. The van der Waals surface area contributed by atoms with Gasteiger partial charge in [0.25, 0.3) is 5.91 Å². The summed E-state index contributed by atoms with van der Waals surface area (Å²) in [5.74, 6) is 0.363. The van der Waals surface area contributed by atoms with Crippen LogP contribution in [-0.4, -0.2) is 26.8 Å². The average Bonchev–Trinajstić information content (AvgIpc) is 2.99. The van der Waals surface area contributed by atoms with Gasteiger partial charge in [-0.05, 0) is 72.1 Å². The van der Waals surface area contributed by atoms with Gasteiger partial charge in [-0.2, -0.15) is 0 Å². The second kappa shape index (κ2) is 9.13. The number of hydrogen-bond donors (Lipinski definition) is 1. The number of rotatable bonds is 5. The summed E-state index contributed by atoms with van der Waals surface area (Å²) in [4.78, 5) is 12.6. The number of benzene rings is 2. The Labute approximate surface area is 186 Å². The Bertz CT molecular complexity index is 1120. The molecular weight excluding hydrogens is 470 g/mol. The molecule has 0 bridgehead atoms. The Hall–Kier alpha value is -2.81. The number of carbonyl (C=O) groups is 1. The van der Waals surface area contributed by atoms with Crippen LogP contribution >= 0.6 is 15.9 Å². The van der Waals surface area contributed by atoms with Crippen molar-refractivity contribution in [1.29, 1.82) is 0 Å². The Balaban J connectivity index is 1.52. The third-order valence-electron chi connectivity index (χ3n) is 5.16. The normalized spacial score (nSPS) is 14.5. The SMILES string of the molecule is CC(Oc1ccc(F)cc1Br)C(=O)Nc1cc(-c2nnc3n2CCCCC3)ccc1F. The fourth-order valence-corrected chi connectivity index (χ4v) is 3.95. The first kappa shape index (κ1) is 21.4. The lowest BCUT2D eigenvalue weighted by Gasteiger charge is -2.16. The van der Waals surface area contributed by atoms with Crippen LogP contribution in [0.15, 0.2) is 40.9 Å². The monoisotopic (exact) mass is 490 g/mol. The second-order valence-electron chi connectivity index (χ2n) is 7.42. The number of hydrogen-bond acceptors (Lipinski definition) is 4. The first-order valence-electron chi connectivity index (χ1n) is 10.1. The van der Waals surface area contributed by atoms with Gasteiger partial charge in [-0.1, -0.05) is 6.42 Å². The quantitative estimate of drug-likeness (QED) is 0.538. The Morgan fingerprint density at radius 2 is 2.00 bits per heavy atom. The van der Waals surface area contributed by atoms with Gasteiger partial charge in [0, 0.05) is 18.5 Å². The highest BCUT2D eigenvalue weighted by atomic mass is 79.9. The summed E-state index contributed by atoms with van der Waals surface area (Å²) in [6, 6.07) is 8.37. The van der Waals surface area contributed by atoms with E-state index in [-0.39, 0.29) is 5.69 Å². The molecular formula is C22H21BrF2N4O2. The largest absolute Gasteiger partial charge is 0.480 e. The van der Waals surface area contributed by atoms with Gasteiger partial charge < -0.3 is 14.6 Å². The van der Waals surface area contributed by atoms with Crippen LogP contribution in [0.4, 0.5) is 14.5 Å². The maximum Gasteiger partial charge on any atom is 0.265 e. The number of anilines is 1. The van der Waals surface area contributed by atoms with E-state index >= 15 is 0 Å². The Kier molecular flexibility index (Phi) is 6.31. The van der Waals surface area contributed by atoms with Gasteiger partial charge in [-0.15, -0.1) is 10.2 Å². The third kappa shape index (κ3) is 4.76. The minimum Gasteiger partial charge on any atom is -0.480 e. The van der Waals surface area contributed by atoms with E-state index in [1.807, 2.05) is 0 Å². The zero-order valence-corrected chi connectivity index (χ0v) is 18.5. The highest BCUT2D eigenvalue weighted by Gasteiger charge is 2.20. The zero-order chi connectivity index (χ0) is 22.0. The molecule has 1 aromatic heterocycles. The number of carbonyl (C=O) groups excluding carboxylic acids is 1. The Morgan fingerprint density at radius 3 is 2.81 bits per heavy atom. The standard InChI is InChI=1S/C22H21BrF2N4O2/c1-13(31-19-9-7-15(24)12-16(19)23)22(30)26-18-11-14(6-8-17(18)25)21-28-27-20-5-3-2-4-10-29(20)21/h6-9,11-13H,2-5,10H2,1H3,(H,26,30). The molecule has 1 aliphatic heterocycles. The average molecular weight is 491 g/mol. The molecule has 0 aliphatic carbocycles. The molecule has 1 aliphatic rings. The van der Waals surface area contributed by atoms with E-state index < -0.39 is 23.6 Å². The summed E-state index contributed by atoms with van der Waals surface area (Å²) >= 11 is 3.20. The molecule has 2 heterocycles. The van der Waals surface area contributed by atoms with Gasteiger partial charge in [0.15, 0.2) is 11.9 Å². The minimum absolute atomic E-state index is 0.0297. The zero-order valence-electron chi connectivity index (χ0n) is 16.9. The van der Waals surface area contributed by atoms with E-state index in [0.29, 0.717) is 21.6 Å². The molecule has 6 nitrogen and oxygen atoms in total. The van der Waals surface area contributed by atoms with Crippen molar-refractivity contribution in [3.63, 3.8) is 0 Å². The third-order valence-corrected chi connectivity index (χ3v) is 5.78. The number of aryl methyl sites for hydroxylation is 1. The fourth-order valence-electron chi connectivity index (χ4n) is 3.51. The van der Waals surface area contributed by atoms with E-state index in [1.165, 1.54) is 31.2 Å². The second-order valence-corrected chi connectivity index (χ2v) is 8.28. The van der Waals surface area contributed by atoms with E-state index in [0.717, 1.165) is 38.1 Å². The van der Waals surface area contributed by atoms with Gasteiger partial charge in [0.05, 0.1) is 10.2 Å². The van der Waals surface area contributed by atoms with E-state index in [4.69, 9.17) is 4.74 Å². The van der Waals surface area contributed by atoms with Crippen LogP contribution in [0.2, 0.25) is 0 Å². The maximum absolute atomic E-state index is 14.4. The van der Waals surface area contributed by atoms with Crippen molar-refractivity contribution >= 4 is 27.5 Å². The molecule has 0 spiro atoms. The molecule has 162 valence electrons. The molecule has 9 heteroatoms. The molecule has 1 unspecified atom stereocenters. The van der Waals surface area contributed by atoms with E-state index in [1.54, 1.807) is 12.1 Å². The fraction of sp³-hybridized carbons (Fsp3) is 0.318. The van der Waals surface area contributed by atoms with Gasteiger partial charge in [-0.3, -0.25) is 4.79 Å². The number of aromatic nitrogens is 3. The Morgan fingerprint density at radius 1 is 1.16 bits per heavy atom. The van der Waals surface area contributed by atoms with E-state index in [2.05, 4.69) is 36.0 Å². The van der Waals surface area contributed by atoms with Crippen LogP contribution in [0.3, 0.4) is 0 Å². The topological polar surface area (TPSA) is 69.0 Å². The van der Waals surface area contributed by atoms with Gasteiger partial charge in [0.1, 0.15) is 23.2 Å². The van der Waals surface area contributed by atoms with Crippen molar-refractivity contribution in [2.75, 3.05) is 5.32 Å². The molecule has 1 N–H and O–H groups in total. The van der Waals surface area contributed by atoms with Crippen LogP contribution in [0.25, 0.3) is 11.4 Å². The van der Waals surface area contributed by atoms with Crippen LogP contribution < -0.4 is 10.1 Å². The van der Waals surface area contributed by atoms with Crippen molar-refractivity contribution in [2.24, 2.45) is 0 Å². The lowest BCUT2D eigenvalue weighted by molar-refractivity contribution is -0.122. The summed E-state index contributed by atoms with van der Waals surface area (Å²) in [6.07, 6.45) is 3.18. The van der Waals surface area contributed by atoms with Crippen molar-refractivity contribution in [1.82, 2.24) is 14.8 Å². The minimum atomic E-state index is -0.936. The van der Waals surface area contributed by atoms with Crippen molar-refractivity contribution in [3.8, 4) is 17.1 Å². The first-order valence-corrected chi connectivity index (χ1v) is 10.9. The number of nitrogens with zero attached hydrogens (tertiary/aromatic N) is 3. The number of halogens is 3. The number of fused-ring (bicyclic) bond motifs is 1. The van der Waals surface area contributed by atoms with E-state index in [9.17, 15) is 13.6 Å². The molecule has 1 amide bonds. The number of amides is 1. The highest BCUT2D eigenvalue weighted by Crippen LogP contribution is 2.28. The molecule has 0 fully saturated rings. The van der Waals surface area contributed by atoms with Gasteiger partial charge in [0.2, 0.25) is 0 Å². The number of nitrogens with one attached hydrogen (secondary N) is 1. The smallest absolute Gasteiger partial charge is 0.265 e. The number of ether oxygens (including phenoxy) is 1. The molecule has 0 saturated carbocycles. The van der Waals surface area contributed by atoms with Gasteiger partial charge >= 0.3 is 0 Å². The van der Waals surface area contributed by atoms with Gasteiger partial charge in [-0.25, -0.2) is 8.78 Å². The van der Waals surface area contributed by atoms with Crippen molar-refractivity contribution < 1.29 is 18.3 Å². The van der Waals surface area contributed by atoms with Crippen molar-refractivity contribution in [3.05, 3.63) is 58.3 Å². The molecule has 1 atom stereocenters. The van der Waals surface area contributed by atoms with Crippen molar-refractivity contribution in [2.45, 2.75) is 45.3 Å². The predicted molar refractivity (Wildman–Crippen MR) is 116 cm³/mol. The highest BCUT2D eigenvalue weighted by molar-refractivity contribution is 9.10. The maximum atomic E-state index is 14.4. The predicted octanol–water partition coefficient (Wildman–Crippen LogP) is 5.12. The van der Waals surface area contributed by atoms with Crippen LogP contribution in [0.1, 0.15) is 32.0 Å². The summed E-state index contributed by atoms with van der Waals surface area (Å²) in [7, 11) is 0. The summed E-state index contributed by atoms with van der Waals surface area (Å²) in [5.41, 5.74) is 0.703. The summed E-state index contributed by atoms with van der Waals surface area (Å²) in [5, 5.41) is 11.1. The summed E-state index contributed by atoms with van der Waals surface area (Å²) in [6.45, 7) is 2.35. The molecule has 3 aromatic rings. The summed E-state index contributed by atoms with van der Waals surface area (Å²) < 4.78 is 35.7. The molecule has 0 radical (unpaired) electrons. The lowest BCUT2D eigenvalue weighted by atomic mass is 10.1. The molecule has 0 saturated heterocycles. The van der Waals surface area contributed by atoms with Crippen LogP contribution in [-0.2, 0) is 17.8 Å². The van der Waals surface area contributed by atoms with Crippen LogP contribution in [0.5, 0.6) is 5.75 Å². The lowest BCUT2D eigenvalue weighted by Crippen LogP contribution is -2.30. The molecule has 2 aromatic carbocycles. The molecule has 4 rings (SSSR count). The van der Waals surface area contributed by atoms with Crippen LogP contribution in [0, 0.1) is 11.6 Å². The molecule has 31 heavy (non-hydrogen) atoms.